The third-order valence-corrected chi connectivity index (χ3v) is 2.30. The van der Waals surface area contributed by atoms with E-state index in [9.17, 15) is 14.4 Å². The summed E-state index contributed by atoms with van der Waals surface area (Å²) in [5.41, 5.74) is 0. The molecule has 1 unspecified atom stereocenters. The van der Waals surface area contributed by atoms with Crippen LogP contribution in [0, 0.1) is 5.92 Å². The van der Waals surface area contributed by atoms with Crippen LogP contribution in [0.1, 0.15) is 27.2 Å². The van der Waals surface area contributed by atoms with Gasteiger partial charge in [-0.2, -0.15) is 0 Å². The lowest BCUT2D eigenvalue weighted by molar-refractivity contribution is -0.139. The van der Waals surface area contributed by atoms with Gasteiger partial charge in [-0.15, -0.1) is 0 Å². The number of hydrogen-bond donors (Lipinski definition) is 4. The van der Waals surface area contributed by atoms with E-state index in [0.29, 0.717) is 6.42 Å². The summed E-state index contributed by atoms with van der Waals surface area (Å²) in [6, 6.07) is -2.34. The number of hydrogen-bond acceptors (Lipinski definition) is 3. The van der Waals surface area contributed by atoms with Gasteiger partial charge in [0.15, 0.2) is 0 Å². The Bertz CT molecular complexity index is 317. The van der Waals surface area contributed by atoms with Crippen molar-refractivity contribution in [1.29, 1.82) is 0 Å². The average Bonchev–Trinajstić information content (AvgIpc) is 2.25. The highest BCUT2D eigenvalue weighted by Gasteiger charge is 2.22. The van der Waals surface area contributed by atoms with Crippen LogP contribution >= 0.6 is 0 Å². The lowest BCUT2D eigenvalue weighted by atomic mass is 10.0. The molecule has 18 heavy (non-hydrogen) atoms. The van der Waals surface area contributed by atoms with Crippen LogP contribution in [-0.2, 0) is 9.59 Å². The summed E-state index contributed by atoms with van der Waals surface area (Å²) in [5.74, 6) is -1.30. The molecule has 3 amide bonds. The summed E-state index contributed by atoms with van der Waals surface area (Å²) in [7, 11) is 1.46. The maximum Gasteiger partial charge on any atom is 0.326 e. The number of carboxylic acid groups (broad SMARTS) is 1. The van der Waals surface area contributed by atoms with Gasteiger partial charge in [-0.3, -0.25) is 4.79 Å². The van der Waals surface area contributed by atoms with Crippen molar-refractivity contribution in [3.63, 3.8) is 0 Å². The van der Waals surface area contributed by atoms with E-state index < -0.39 is 24.1 Å². The number of amides is 3. The molecule has 0 radical (unpaired) electrons. The predicted octanol–water partition coefficient (Wildman–Crippen LogP) is -0.0806. The van der Waals surface area contributed by atoms with Crippen LogP contribution in [0.25, 0.3) is 0 Å². The molecule has 7 heteroatoms. The van der Waals surface area contributed by atoms with E-state index in [1.165, 1.54) is 14.0 Å². The van der Waals surface area contributed by atoms with Crippen molar-refractivity contribution in [2.45, 2.75) is 39.3 Å². The first kappa shape index (κ1) is 16.2. The van der Waals surface area contributed by atoms with Gasteiger partial charge < -0.3 is 21.1 Å². The second-order valence-electron chi connectivity index (χ2n) is 4.47. The van der Waals surface area contributed by atoms with Crippen molar-refractivity contribution >= 4 is 17.9 Å². The molecule has 0 spiro atoms. The Morgan fingerprint density at radius 3 is 2.06 bits per heavy atom. The van der Waals surface area contributed by atoms with Crippen molar-refractivity contribution in [3.05, 3.63) is 0 Å². The highest BCUT2D eigenvalue weighted by Crippen LogP contribution is 2.04. The second-order valence-corrected chi connectivity index (χ2v) is 4.47. The predicted molar refractivity (Wildman–Crippen MR) is 66.1 cm³/mol. The van der Waals surface area contributed by atoms with E-state index in [0.717, 1.165) is 0 Å². The van der Waals surface area contributed by atoms with Gasteiger partial charge in [0, 0.05) is 7.05 Å². The third-order valence-electron chi connectivity index (χ3n) is 2.30. The largest absolute Gasteiger partial charge is 0.480 e. The van der Waals surface area contributed by atoms with E-state index in [4.69, 9.17) is 5.11 Å². The van der Waals surface area contributed by atoms with Gasteiger partial charge in [0.05, 0.1) is 0 Å². The molecule has 0 fully saturated rings. The minimum atomic E-state index is -1.09. The summed E-state index contributed by atoms with van der Waals surface area (Å²) in [4.78, 5) is 33.6. The van der Waals surface area contributed by atoms with E-state index in [1.54, 1.807) is 0 Å². The number of likely N-dealkylation sites (N-methyl/N-ethyl adjacent to an activating group) is 1. The fourth-order valence-corrected chi connectivity index (χ4v) is 1.37. The van der Waals surface area contributed by atoms with Crippen molar-refractivity contribution < 1.29 is 19.5 Å². The number of carbonyl (C=O) groups is 3. The molecular weight excluding hydrogens is 238 g/mol. The van der Waals surface area contributed by atoms with E-state index in [2.05, 4.69) is 16.0 Å². The number of urea groups is 1. The molecule has 7 nitrogen and oxygen atoms in total. The molecule has 0 saturated carbocycles. The molecule has 0 bridgehead atoms. The van der Waals surface area contributed by atoms with Gasteiger partial charge >= 0.3 is 12.0 Å². The van der Waals surface area contributed by atoms with Gasteiger partial charge in [-0.1, -0.05) is 13.8 Å². The maximum absolute atomic E-state index is 11.5. The van der Waals surface area contributed by atoms with Crippen LogP contribution in [0.2, 0.25) is 0 Å². The number of nitrogens with one attached hydrogen (secondary N) is 3. The first-order chi connectivity index (χ1) is 8.27. The molecule has 0 aromatic rings. The smallest absolute Gasteiger partial charge is 0.326 e. The van der Waals surface area contributed by atoms with Crippen LogP contribution in [0.15, 0.2) is 0 Å². The first-order valence-corrected chi connectivity index (χ1v) is 5.79. The SMILES string of the molecule is CNC(=O)C(C)NC(=O)N[C@H](CC(C)C)C(=O)O. The van der Waals surface area contributed by atoms with Gasteiger partial charge in [0.25, 0.3) is 0 Å². The molecule has 0 aromatic carbocycles. The average molecular weight is 259 g/mol. The summed E-state index contributed by atoms with van der Waals surface area (Å²) < 4.78 is 0. The highest BCUT2D eigenvalue weighted by atomic mass is 16.4. The lowest BCUT2D eigenvalue weighted by Gasteiger charge is -2.18. The molecule has 0 aliphatic carbocycles. The van der Waals surface area contributed by atoms with Crippen LogP contribution in [0.3, 0.4) is 0 Å². The van der Waals surface area contributed by atoms with Crippen molar-refractivity contribution in [2.75, 3.05) is 7.05 Å². The summed E-state index contributed by atoms with van der Waals surface area (Å²) in [6.45, 7) is 5.24. The number of carbonyl (C=O) groups excluding carboxylic acids is 2. The Morgan fingerprint density at radius 1 is 1.11 bits per heavy atom. The summed E-state index contributed by atoms with van der Waals surface area (Å²) in [5, 5.41) is 16.0. The first-order valence-electron chi connectivity index (χ1n) is 5.79. The molecule has 0 saturated heterocycles. The Kier molecular flexibility index (Phi) is 6.77. The Labute approximate surface area is 106 Å². The van der Waals surface area contributed by atoms with Crippen LogP contribution in [-0.4, -0.2) is 42.1 Å². The molecule has 0 aliphatic rings. The zero-order valence-electron chi connectivity index (χ0n) is 11.1. The van der Waals surface area contributed by atoms with Crippen LogP contribution < -0.4 is 16.0 Å². The van der Waals surface area contributed by atoms with Gasteiger partial charge in [0.2, 0.25) is 5.91 Å². The Balaban J connectivity index is 4.34. The van der Waals surface area contributed by atoms with Crippen molar-refractivity contribution in [3.8, 4) is 0 Å². The van der Waals surface area contributed by atoms with Crippen LogP contribution in [0.4, 0.5) is 4.79 Å². The summed E-state index contributed by atoms with van der Waals surface area (Å²) >= 11 is 0. The van der Waals surface area contributed by atoms with Gasteiger partial charge in [-0.25, -0.2) is 9.59 Å². The quantitative estimate of drug-likeness (QED) is 0.535. The fourth-order valence-electron chi connectivity index (χ4n) is 1.37. The molecular formula is C11H21N3O4. The number of carboxylic acids is 1. The number of rotatable bonds is 6. The molecule has 0 aliphatic heterocycles. The van der Waals surface area contributed by atoms with E-state index in [1.807, 2.05) is 13.8 Å². The van der Waals surface area contributed by atoms with E-state index in [-0.39, 0.29) is 11.8 Å². The van der Waals surface area contributed by atoms with Crippen molar-refractivity contribution in [2.24, 2.45) is 5.92 Å². The summed E-state index contributed by atoms with van der Waals surface area (Å²) in [6.07, 6.45) is 0.330. The molecule has 0 aromatic heterocycles. The lowest BCUT2D eigenvalue weighted by Crippen LogP contribution is -2.52. The molecule has 4 N–H and O–H groups in total. The minimum absolute atomic E-state index is 0.141. The monoisotopic (exact) mass is 259 g/mol. The van der Waals surface area contributed by atoms with Gasteiger partial charge in [-0.05, 0) is 19.3 Å². The van der Waals surface area contributed by atoms with Crippen LogP contribution in [0.5, 0.6) is 0 Å². The molecule has 2 atom stereocenters. The maximum atomic E-state index is 11.5. The standard InChI is InChI=1S/C11H21N3O4/c1-6(2)5-8(10(16)17)14-11(18)13-7(3)9(15)12-4/h6-8H,5H2,1-4H3,(H,12,15)(H,16,17)(H2,13,14,18)/t7?,8-/m1/s1. The van der Waals surface area contributed by atoms with Gasteiger partial charge in [0.1, 0.15) is 12.1 Å². The minimum Gasteiger partial charge on any atom is -0.480 e. The topological polar surface area (TPSA) is 108 Å². The number of aliphatic carboxylic acids is 1. The highest BCUT2D eigenvalue weighted by molar-refractivity contribution is 5.88. The molecule has 0 rings (SSSR count). The van der Waals surface area contributed by atoms with Crippen molar-refractivity contribution in [1.82, 2.24) is 16.0 Å². The molecule has 104 valence electrons. The zero-order valence-corrected chi connectivity index (χ0v) is 11.1. The van der Waals surface area contributed by atoms with E-state index >= 15 is 0 Å². The normalized spacial score (nSPS) is 13.6. The molecule has 0 heterocycles. The fraction of sp³-hybridized carbons (Fsp3) is 0.727. The Hall–Kier alpha value is -1.79. The zero-order chi connectivity index (χ0) is 14.3. The Morgan fingerprint density at radius 2 is 1.67 bits per heavy atom. The second kappa shape index (κ2) is 7.52. The third kappa shape index (κ3) is 6.07.